The summed E-state index contributed by atoms with van der Waals surface area (Å²) in [6.45, 7) is 9.76. The minimum Gasteiger partial charge on any atom is -0.508 e. The number of benzene rings is 1. The van der Waals surface area contributed by atoms with Crippen molar-refractivity contribution in [3.05, 3.63) is 64.8 Å². The Bertz CT molecular complexity index is 979. The van der Waals surface area contributed by atoms with Crippen LogP contribution >= 0.6 is 11.8 Å². The van der Waals surface area contributed by atoms with E-state index in [1.165, 1.54) is 47.5 Å². The van der Waals surface area contributed by atoms with E-state index in [1.54, 1.807) is 12.1 Å². The molecule has 0 saturated carbocycles. The first-order valence-corrected chi connectivity index (χ1v) is 13.7. The number of carboxylic acid groups (broad SMARTS) is 1. The van der Waals surface area contributed by atoms with Gasteiger partial charge in [0.2, 0.25) is 11.8 Å². The normalized spacial score (nSPS) is 13.1. The van der Waals surface area contributed by atoms with Crippen molar-refractivity contribution in [1.29, 1.82) is 0 Å². The van der Waals surface area contributed by atoms with Gasteiger partial charge in [-0.2, -0.15) is 11.8 Å². The van der Waals surface area contributed by atoms with E-state index in [2.05, 4.69) is 56.6 Å². The molecule has 7 nitrogen and oxygen atoms in total. The van der Waals surface area contributed by atoms with Gasteiger partial charge in [0.1, 0.15) is 17.8 Å². The number of rotatable bonds is 16. The fourth-order valence-corrected chi connectivity index (χ4v) is 4.50. The number of aliphatic carboxylic acids is 1. The van der Waals surface area contributed by atoms with E-state index in [-0.39, 0.29) is 25.3 Å². The molecule has 0 saturated heterocycles. The SMILES string of the molecule is C.CC(=O)NC(Cc1ccc(O)cc1)C(=O)N[C@@H](CSC/C=C(\C)CC/C=C(\C)CCC=C(C)C)C(=O)O. The second kappa shape index (κ2) is 19.1. The van der Waals surface area contributed by atoms with Crippen LogP contribution in [0.15, 0.2) is 59.2 Å². The average Bonchev–Trinajstić information content (AvgIpc) is 2.81. The number of aromatic hydroxyl groups is 1. The number of allylic oxidation sites excluding steroid dienone is 5. The third kappa shape index (κ3) is 16.0. The molecular formula is C30H46N2O5S. The van der Waals surface area contributed by atoms with Gasteiger partial charge in [-0.25, -0.2) is 4.79 Å². The van der Waals surface area contributed by atoms with E-state index in [9.17, 15) is 24.6 Å². The van der Waals surface area contributed by atoms with Crippen molar-refractivity contribution in [2.24, 2.45) is 0 Å². The van der Waals surface area contributed by atoms with Crippen LogP contribution in [0.4, 0.5) is 0 Å². The number of amides is 2. The molecule has 0 spiro atoms. The van der Waals surface area contributed by atoms with Crippen LogP contribution in [0.2, 0.25) is 0 Å². The van der Waals surface area contributed by atoms with Gasteiger partial charge in [-0.05, 0) is 71.1 Å². The molecule has 1 unspecified atom stereocenters. The Labute approximate surface area is 232 Å². The minimum absolute atomic E-state index is 0. The van der Waals surface area contributed by atoms with Crippen LogP contribution in [0.3, 0.4) is 0 Å². The zero-order valence-electron chi connectivity index (χ0n) is 22.7. The predicted molar refractivity (Wildman–Crippen MR) is 158 cm³/mol. The summed E-state index contributed by atoms with van der Waals surface area (Å²) in [5.41, 5.74) is 4.71. The number of phenols is 1. The third-order valence-corrected chi connectivity index (χ3v) is 6.61. The zero-order valence-corrected chi connectivity index (χ0v) is 23.5. The highest BCUT2D eigenvalue weighted by atomic mass is 32.2. The second-order valence-electron chi connectivity index (χ2n) is 9.52. The molecule has 1 aromatic carbocycles. The van der Waals surface area contributed by atoms with Gasteiger partial charge in [-0.3, -0.25) is 9.59 Å². The summed E-state index contributed by atoms with van der Waals surface area (Å²) < 4.78 is 0. The van der Waals surface area contributed by atoms with Gasteiger partial charge >= 0.3 is 5.97 Å². The minimum atomic E-state index is -1.12. The van der Waals surface area contributed by atoms with E-state index in [1.807, 2.05) is 0 Å². The largest absolute Gasteiger partial charge is 0.508 e. The van der Waals surface area contributed by atoms with Crippen LogP contribution < -0.4 is 10.6 Å². The lowest BCUT2D eigenvalue weighted by atomic mass is 10.0. The van der Waals surface area contributed by atoms with Crippen molar-refractivity contribution >= 4 is 29.5 Å². The molecule has 0 radical (unpaired) electrons. The highest BCUT2D eigenvalue weighted by molar-refractivity contribution is 7.99. The highest BCUT2D eigenvalue weighted by Crippen LogP contribution is 2.14. The Morgan fingerprint density at radius 2 is 1.45 bits per heavy atom. The lowest BCUT2D eigenvalue weighted by Crippen LogP contribution is -2.52. The Morgan fingerprint density at radius 1 is 0.868 bits per heavy atom. The maximum absolute atomic E-state index is 12.8. The Balaban J connectivity index is 0.0000137. The first-order chi connectivity index (χ1) is 17.5. The first kappa shape index (κ1) is 35.0. The molecule has 1 rings (SSSR count). The summed E-state index contributed by atoms with van der Waals surface area (Å²) in [5, 5.41) is 24.2. The topological polar surface area (TPSA) is 116 Å². The number of carbonyl (C=O) groups is 3. The zero-order chi connectivity index (χ0) is 27.8. The van der Waals surface area contributed by atoms with Crippen LogP contribution in [0.25, 0.3) is 0 Å². The molecule has 0 aliphatic rings. The fourth-order valence-electron chi connectivity index (χ4n) is 3.50. The molecule has 0 aromatic heterocycles. The predicted octanol–water partition coefficient (Wildman–Crippen LogP) is 5.80. The summed E-state index contributed by atoms with van der Waals surface area (Å²) in [4.78, 5) is 36.2. The van der Waals surface area contributed by atoms with Crippen molar-refractivity contribution in [2.45, 2.75) is 86.2 Å². The van der Waals surface area contributed by atoms with Gasteiger partial charge in [0.15, 0.2) is 0 Å². The molecule has 0 heterocycles. The summed E-state index contributed by atoms with van der Waals surface area (Å²) in [6.07, 6.45) is 10.9. The summed E-state index contributed by atoms with van der Waals surface area (Å²) in [6, 6.07) is 4.29. The van der Waals surface area contributed by atoms with Crippen molar-refractivity contribution in [1.82, 2.24) is 10.6 Å². The van der Waals surface area contributed by atoms with Gasteiger partial charge in [0, 0.05) is 24.9 Å². The highest BCUT2D eigenvalue weighted by Gasteiger charge is 2.26. The second-order valence-corrected chi connectivity index (χ2v) is 10.6. The van der Waals surface area contributed by atoms with Crippen molar-refractivity contribution in [2.75, 3.05) is 11.5 Å². The van der Waals surface area contributed by atoms with Crippen molar-refractivity contribution in [3.63, 3.8) is 0 Å². The van der Waals surface area contributed by atoms with E-state index < -0.39 is 29.9 Å². The summed E-state index contributed by atoms with van der Waals surface area (Å²) in [7, 11) is 0. The lowest BCUT2D eigenvalue weighted by Gasteiger charge is -2.21. The van der Waals surface area contributed by atoms with Gasteiger partial charge in [-0.15, -0.1) is 0 Å². The molecule has 212 valence electrons. The Hall–Kier alpha value is -3.00. The average molecular weight is 547 g/mol. The molecule has 8 heteroatoms. The molecule has 1 aromatic rings. The number of thioether (sulfide) groups is 1. The maximum Gasteiger partial charge on any atom is 0.327 e. The molecule has 0 fully saturated rings. The fraction of sp³-hybridized carbons (Fsp3) is 0.500. The quantitative estimate of drug-likeness (QED) is 0.154. The number of carbonyl (C=O) groups excluding carboxylic acids is 2. The van der Waals surface area contributed by atoms with Gasteiger partial charge in [0.25, 0.3) is 0 Å². The number of hydrogen-bond donors (Lipinski definition) is 4. The van der Waals surface area contributed by atoms with Crippen LogP contribution in [0.5, 0.6) is 5.75 Å². The third-order valence-electron chi connectivity index (χ3n) is 5.64. The summed E-state index contributed by atoms with van der Waals surface area (Å²) in [5.74, 6) is -1.12. The summed E-state index contributed by atoms with van der Waals surface area (Å²) >= 11 is 1.44. The van der Waals surface area contributed by atoms with Gasteiger partial charge in [0.05, 0.1) is 0 Å². The Morgan fingerprint density at radius 3 is 2.00 bits per heavy atom. The Kier molecular flexibility index (Phi) is 17.6. The monoisotopic (exact) mass is 546 g/mol. The van der Waals surface area contributed by atoms with E-state index in [0.717, 1.165) is 31.2 Å². The van der Waals surface area contributed by atoms with E-state index >= 15 is 0 Å². The number of nitrogens with one attached hydrogen (secondary N) is 2. The van der Waals surface area contributed by atoms with Crippen molar-refractivity contribution < 1.29 is 24.6 Å². The van der Waals surface area contributed by atoms with Gasteiger partial charge < -0.3 is 20.8 Å². The molecule has 4 N–H and O–H groups in total. The molecule has 0 aliphatic carbocycles. The molecular weight excluding hydrogens is 500 g/mol. The van der Waals surface area contributed by atoms with Crippen LogP contribution in [-0.2, 0) is 20.8 Å². The molecule has 2 amide bonds. The number of carboxylic acids is 1. The first-order valence-electron chi connectivity index (χ1n) is 12.6. The van der Waals surface area contributed by atoms with Crippen LogP contribution in [-0.4, -0.2) is 51.6 Å². The molecule has 2 atom stereocenters. The molecule has 0 bridgehead atoms. The number of hydrogen-bond acceptors (Lipinski definition) is 5. The van der Waals surface area contributed by atoms with E-state index in [4.69, 9.17) is 0 Å². The smallest absolute Gasteiger partial charge is 0.327 e. The van der Waals surface area contributed by atoms with Gasteiger partial charge in [-0.1, -0.05) is 54.5 Å². The molecule has 0 aliphatic heterocycles. The van der Waals surface area contributed by atoms with E-state index in [0.29, 0.717) is 5.75 Å². The standard InChI is InChI=1S/C29H42N2O5S.CH4/c1-20(2)8-6-9-21(3)10-7-11-22(4)16-17-37-19-27(29(35)36)31-28(34)26(30-23(5)32)18-24-12-14-25(33)15-13-24;/h8,10,12-16,26-27,33H,6-7,9,11,17-19H2,1-5H3,(H,30,32)(H,31,34)(H,35,36);1H4/b21-10+,22-16+;/t26?,27-;/m0./s1. The lowest BCUT2D eigenvalue weighted by molar-refractivity contribution is -0.141. The van der Waals surface area contributed by atoms with Crippen molar-refractivity contribution in [3.8, 4) is 5.75 Å². The molecule has 38 heavy (non-hydrogen) atoms. The number of phenolic OH excluding ortho intramolecular Hbond substituents is 1. The maximum atomic E-state index is 12.8. The van der Waals surface area contributed by atoms with Crippen LogP contribution in [0.1, 0.15) is 73.3 Å². The van der Waals surface area contributed by atoms with Crippen LogP contribution in [0, 0.1) is 0 Å².